The maximum absolute atomic E-state index is 5.71. The molecule has 3 rings (SSSR count). The van der Waals surface area contributed by atoms with Crippen molar-refractivity contribution in [2.45, 2.75) is 37.7 Å². The average Bonchev–Trinajstić information content (AvgIpc) is 3.05. The average molecular weight is 319 g/mol. The predicted octanol–water partition coefficient (Wildman–Crippen LogP) is 3.00. The second-order valence-electron chi connectivity index (χ2n) is 5.42. The minimum Gasteiger partial charge on any atom is -0.377 e. The first kappa shape index (κ1) is 15.5. The van der Waals surface area contributed by atoms with Crippen molar-refractivity contribution in [3.05, 3.63) is 35.7 Å². The molecule has 0 radical (unpaired) electrons. The Labute approximate surface area is 134 Å². The van der Waals surface area contributed by atoms with Crippen LogP contribution in [-0.4, -0.2) is 28.6 Å². The summed E-state index contributed by atoms with van der Waals surface area (Å²) in [4.78, 5) is 4.45. The summed E-state index contributed by atoms with van der Waals surface area (Å²) in [5, 5.41) is 4.05. The van der Waals surface area contributed by atoms with E-state index in [0.29, 0.717) is 24.4 Å². The number of nitrogens with two attached hydrogens (primary N) is 1. The van der Waals surface area contributed by atoms with Gasteiger partial charge in [-0.25, -0.2) is 0 Å². The Morgan fingerprint density at radius 1 is 1.23 bits per heavy atom. The molecule has 1 aromatic carbocycles. The number of hydrogen-bond acceptors (Lipinski definition) is 6. The molecular weight excluding hydrogens is 298 g/mol. The van der Waals surface area contributed by atoms with Gasteiger partial charge in [0.2, 0.25) is 11.7 Å². The number of benzene rings is 1. The zero-order valence-electron chi connectivity index (χ0n) is 12.5. The molecule has 1 aliphatic heterocycles. The molecule has 2 heterocycles. The second kappa shape index (κ2) is 7.76. The maximum Gasteiger partial charge on any atom is 0.236 e. The van der Waals surface area contributed by atoms with E-state index in [9.17, 15) is 0 Å². The number of hydrogen-bond donors (Lipinski definition) is 1. The van der Waals surface area contributed by atoms with Crippen molar-refractivity contribution in [1.29, 1.82) is 0 Å². The van der Waals surface area contributed by atoms with E-state index in [1.807, 2.05) is 24.3 Å². The SMILES string of the molecule is NCc1ccc(-c2noc(CSCC3CCCCO3)n2)cc1. The van der Waals surface area contributed by atoms with Crippen LogP contribution in [0.25, 0.3) is 11.4 Å². The third-order valence-electron chi connectivity index (χ3n) is 3.72. The first-order chi connectivity index (χ1) is 10.8. The zero-order valence-corrected chi connectivity index (χ0v) is 13.3. The maximum atomic E-state index is 5.71. The molecule has 0 aliphatic carbocycles. The largest absolute Gasteiger partial charge is 0.377 e. The van der Waals surface area contributed by atoms with E-state index >= 15 is 0 Å². The molecule has 0 bridgehead atoms. The van der Waals surface area contributed by atoms with Gasteiger partial charge in [-0.3, -0.25) is 0 Å². The molecule has 5 nitrogen and oxygen atoms in total. The number of ether oxygens (including phenoxy) is 1. The molecule has 0 saturated carbocycles. The summed E-state index contributed by atoms with van der Waals surface area (Å²) in [7, 11) is 0. The Morgan fingerprint density at radius 3 is 2.82 bits per heavy atom. The summed E-state index contributed by atoms with van der Waals surface area (Å²) in [6, 6.07) is 7.92. The van der Waals surface area contributed by atoms with E-state index < -0.39 is 0 Å². The van der Waals surface area contributed by atoms with Gasteiger partial charge >= 0.3 is 0 Å². The van der Waals surface area contributed by atoms with Crippen LogP contribution in [0.15, 0.2) is 28.8 Å². The minimum absolute atomic E-state index is 0.380. The molecule has 22 heavy (non-hydrogen) atoms. The fourth-order valence-corrected chi connectivity index (χ4v) is 3.37. The van der Waals surface area contributed by atoms with Crippen LogP contribution in [-0.2, 0) is 17.0 Å². The van der Waals surface area contributed by atoms with Crippen molar-refractivity contribution in [3.63, 3.8) is 0 Å². The van der Waals surface area contributed by atoms with Crippen molar-refractivity contribution >= 4 is 11.8 Å². The Bertz CT molecular complexity index is 579. The first-order valence-corrected chi connectivity index (χ1v) is 8.82. The Balaban J connectivity index is 1.51. The van der Waals surface area contributed by atoms with Crippen LogP contribution in [0.5, 0.6) is 0 Å². The molecule has 1 atom stereocenters. The molecule has 118 valence electrons. The Hall–Kier alpha value is -1.37. The first-order valence-electron chi connectivity index (χ1n) is 7.66. The Kier molecular flexibility index (Phi) is 5.48. The van der Waals surface area contributed by atoms with Crippen molar-refractivity contribution in [2.75, 3.05) is 12.4 Å². The highest BCUT2D eigenvalue weighted by molar-refractivity contribution is 7.98. The summed E-state index contributed by atoms with van der Waals surface area (Å²) in [5.41, 5.74) is 7.64. The van der Waals surface area contributed by atoms with Crippen LogP contribution in [0.2, 0.25) is 0 Å². The molecule has 1 aromatic heterocycles. The minimum atomic E-state index is 0.380. The number of nitrogens with zero attached hydrogens (tertiary/aromatic N) is 2. The van der Waals surface area contributed by atoms with E-state index in [2.05, 4.69) is 10.1 Å². The van der Waals surface area contributed by atoms with Crippen LogP contribution < -0.4 is 5.73 Å². The smallest absolute Gasteiger partial charge is 0.236 e. The van der Waals surface area contributed by atoms with E-state index in [1.165, 1.54) is 12.8 Å². The van der Waals surface area contributed by atoms with Gasteiger partial charge in [-0.2, -0.15) is 4.98 Å². The van der Waals surface area contributed by atoms with Gasteiger partial charge in [-0.05, 0) is 24.8 Å². The second-order valence-corrected chi connectivity index (χ2v) is 6.45. The monoisotopic (exact) mass is 319 g/mol. The standard InChI is InChI=1S/C16H21N3O2S/c17-9-12-4-6-13(7-5-12)16-18-15(21-19-16)11-22-10-14-3-1-2-8-20-14/h4-7,14H,1-3,8-11,17H2. The fraction of sp³-hybridized carbons (Fsp3) is 0.500. The van der Waals surface area contributed by atoms with Crippen molar-refractivity contribution < 1.29 is 9.26 Å². The normalized spacial score (nSPS) is 18.5. The molecule has 6 heteroatoms. The van der Waals surface area contributed by atoms with Crippen molar-refractivity contribution in [2.24, 2.45) is 5.73 Å². The van der Waals surface area contributed by atoms with Gasteiger partial charge in [0.15, 0.2) is 0 Å². The van der Waals surface area contributed by atoms with Gasteiger partial charge in [0, 0.05) is 24.5 Å². The highest BCUT2D eigenvalue weighted by atomic mass is 32.2. The van der Waals surface area contributed by atoms with E-state index in [1.54, 1.807) is 11.8 Å². The van der Waals surface area contributed by atoms with Gasteiger partial charge in [-0.15, -0.1) is 11.8 Å². The molecule has 0 spiro atoms. The summed E-state index contributed by atoms with van der Waals surface area (Å²) in [6.07, 6.45) is 4.01. The third-order valence-corrected chi connectivity index (χ3v) is 4.78. The lowest BCUT2D eigenvalue weighted by molar-refractivity contribution is 0.0315. The van der Waals surface area contributed by atoms with Crippen LogP contribution in [0.1, 0.15) is 30.7 Å². The van der Waals surface area contributed by atoms with Crippen LogP contribution in [0, 0.1) is 0 Å². The molecule has 2 aromatic rings. The lowest BCUT2D eigenvalue weighted by Crippen LogP contribution is -2.21. The molecule has 0 amide bonds. The van der Waals surface area contributed by atoms with Gasteiger partial charge in [-0.1, -0.05) is 29.4 Å². The van der Waals surface area contributed by atoms with E-state index in [4.69, 9.17) is 15.0 Å². The summed E-state index contributed by atoms with van der Waals surface area (Å²) >= 11 is 1.79. The molecule has 1 saturated heterocycles. The molecule has 2 N–H and O–H groups in total. The highest BCUT2D eigenvalue weighted by Gasteiger charge is 2.15. The molecular formula is C16H21N3O2S. The van der Waals surface area contributed by atoms with Gasteiger partial charge in [0.25, 0.3) is 0 Å². The summed E-state index contributed by atoms with van der Waals surface area (Å²) in [6.45, 7) is 1.44. The molecule has 1 fully saturated rings. The lowest BCUT2D eigenvalue weighted by Gasteiger charge is -2.21. The zero-order chi connectivity index (χ0) is 15.2. The number of aromatic nitrogens is 2. The van der Waals surface area contributed by atoms with Crippen molar-refractivity contribution in [3.8, 4) is 11.4 Å². The number of thioether (sulfide) groups is 1. The Morgan fingerprint density at radius 2 is 2.09 bits per heavy atom. The predicted molar refractivity (Wildman–Crippen MR) is 87.4 cm³/mol. The highest BCUT2D eigenvalue weighted by Crippen LogP contribution is 2.21. The lowest BCUT2D eigenvalue weighted by atomic mass is 10.1. The van der Waals surface area contributed by atoms with Crippen LogP contribution in [0.3, 0.4) is 0 Å². The fourth-order valence-electron chi connectivity index (χ4n) is 2.44. The molecule has 1 aliphatic rings. The van der Waals surface area contributed by atoms with Crippen molar-refractivity contribution in [1.82, 2.24) is 10.1 Å². The number of rotatable bonds is 6. The van der Waals surface area contributed by atoms with Crippen LogP contribution in [0.4, 0.5) is 0 Å². The van der Waals surface area contributed by atoms with Gasteiger partial charge < -0.3 is 15.0 Å². The van der Waals surface area contributed by atoms with E-state index in [-0.39, 0.29) is 0 Å². The van der Waals surface area contributed by atoms with Gasteiger partial charge in [0.05, 0.1) is 11.9 Å². The summed E-state index contributed by atoms with van der Waals surface area (Å²) in [5.74, 6) is 3.02. The van der Waals surface area contributed by atoms with Crippen LogP contribution >= 0.6 is 11.8 Å². The topological polar surface area (TPSA) is 74.2 Å². The summed E-state index contributed by atoms with van der Waals surface area (Å²) < 4.78 is 11.0. The quantitative estimate of drug-likeness (QED) is 0.882. The van der Waals surface area contributed by atoms with Gasteiger partial charge in [0.1, 0.15) is 0 Å². The van der Waals surface area contributed by atoms with E-state index in [0.717, 1.165) is 35.7 Å². The molecule has 1 unspecified atom stereocenters. The third kappa shape index (κ3) is 4.09.